The average molecular weight is 423 g/mol. The minimum absolute atomic E-state index is 0.0484. The molecule has 9 heteroatoms. The lowest BCUT2D eigenvalue weighted by Gasteiger charge is -2.29. The number of phenols is 1. The number of sulfone groups is 1. The molecule has 1 aliphatic heterocycles. The Morgan fingerprint density at radius 2 is 2.10 bits per heavy atom. The molecular formula is C20H25NO7S. The van der Waals surface area contributed by atoms with Gasteiger partial charge in [-0.05, 0) is 24.5 Å². The highest BCUT2D eigenvalue weighted by molar-refractivity contribution is 7.91. The number of hydrogen-bond acceptors (Lipinski definition) is 7. The van der Waals surface area contributed by atoms with Crippen molar-refractivity contribution in [1.29, 1.82) is 0 Å². The van der Waals surface area contributed by atoms with E-state index in [2.05, 4.69) is 0 Å². The molecule has 1 aromatic carbocycles. The predicted octanol–water partition coefficient (Wildman–Crippen LogP) is 1.90. The van der Waals surface area contributed by atoms with Gasteiger partial charge in [-0.15, -0.1) is 0 Å². The summed E-state index contributed by atoms with van der Waals surface area (Å²) >= 11 is 0. The highest BCUT2D eigenvalue weighted by atomic mass is 32.2. The number of furan rings is 1. The number of amides is 1. The van der Waals surface area contributed by atoms with Crippen LogP contribution in [0.4, 0.5) is 0 Å². The maximum atomic E-state index is 12.6. The van der Waals surface area contributed by atoms with Crippen molar-refractivity contribution < 1.29 is 32.3 Å². The van der Waals surface area contributed by atoms with E-state index < -0.39 is 28.3 Å². The van der Waals surface area contributed by atoms with Gasteiger partial charge in [0.05, 0.1) is 24.2 Å². The number of carbonyl (C=O) groups is 2. The largest absolute Gasteiger partial charge is 0.508 e. The molecular weight excluding hydrogens is 398 g/mol. The first-order valence-electron chi connectivity index (χ1n) is 9.49. The molecule has 0 aliphatic carbocycles. The molecule has 1 aliphatic rings. The van der Waals surface area contributed by atoms with Crippen LogP contribution >= 0.6 is 0 Å². The van der Waals surface area contributed by atoms with Gasteiger partial charge in [0.2, 0.25) is 0 Å². The second-order valence-electron chi connectivity index (χ2n) is 7.78. The molecule has 1 saturated heterocycles. The van der Waals surface area contributed by atoms with Crippen LogP contribution in [0.2, 0.25) is 0 Å². The van der Waals surface area contributed by atoms with Gasteiger partial charge >= 0.3 is 5.97 Å². The van der Waals surface area contributed by atoms with Crippen LogP contribution < -0.4 is 0 Å². The number of carbonyl (C=O) groups excluding carboxylic acids is 2. The molecule has 0 saturated carbocycles. The van der Waals surface area contributed by atoms with E-state index in [-0.39, 0.29) is 35.6 Å². The van der Waals surface area contributed by atoms with Crippen molar-refractivity contribution >= 4 is 32.7 Å². The average Bonchev–Trinajstić information content (AvgIpc) is 3.20. The van der Waals surface area contributed by atoms with Gasteiger partial charge < -0.3 is 19.2 Å². The van der Waals surface area contributed by atoms with E-state index >= 15 is 0 Å². The van der Waals surface area contributed by atoms with Gasteiger partial charge in [-0.25, -0.2) is 8.42 Å². The summed E-state index contributed by atoms with van der Waals surface area (Å²) in [5.41, 5.74) is 1.05. The third-order valence-electron chi connectivity index (χ3n) is 4.86. The smallest absolute Gasteiger partial charge is 0.310 e. The van der Waals surface area contributed by atoms with Crippen LogP contribution in [0.25, 0.3) is 11.0 Å². The molecule has 8 nitrogen and oxygen atoms in total. The van der Waals surface area contributed by atoms with E-state index in [4.69, 9.17) is 9.15 Å². The number of hydrogen-bond donors (Lipinski definition) is 1. The topological polar surface area (TPSA) is 114 Å². The minimum Gasteiger partial charge on any atom is -0.508 e. The van der Waals surface area contributed by atoms with Gasteiger partial charge in [0, 0.05) is 29.6 Å². The second kappa shape index (κ2) is 8.44. The predicted molar refractivity (Wildman–Crippen MR) is 106 cm³/mol. The lowest BCUT2D eigenvalue weighted by molar-refractivity contribution is -0.152. The number of rotatable bonds is 7. The van der Waals surface area contributed by atoms with E-state index in [0.29, 0.717) is 29.5 Å². The van der Waals surface area contributed by atoms with Crippen molar-refractivity contribution in [2.24, 2.45) is 5.92 Å². The number of benzene rings is 1. The van der Waals surface area contributed by atoms with Crippen LogP contribution in [0, 0.1) is 5.92 Å². The number of ether oxygens (including phenoxy) is 1. The number of aromatic hydroxyl groups is 1. The summed E-state index contributed by atoms with van der Waals surface area (Å²) in [5.74, 6) is -0.735. The third-order valence-corrected chi connectivity index (χ3v) is 6.61. The van der Waals surface area contributed by atoms with Crippen molar-refractivity contribution in [3.63, 3.8) is 0 Å². The molecule has 158 valence electrons. The van der Waals surface area contributed by atoms with Crippen molar-refractivity contribution in [2.45, 2.75) is 32.7 Å². The van der Waals surface area contributed by atoms with Crippen LogP contribution in [-0.4, -0.2) is 61.0 Å². The van der Waals surface area contributed by atoms with Crippen LogP contribution in [0.5, 0.6) is 5.75 Å². The zero-order valence-electron chi connectivity index (χ0n) is 16.5. The molecule has 29 heavy (non-hydrogen) atoms. The molecule has 2 heterocycles. The van der Waals surface area contributed by atoms with Gasteiger partial charge in [-0.1, -0.05) is 13.8 Å². The Hall–Kier alpha value is -2.55. The molecule has 0 bridgehead atoms. The molecule has 0 unspecified atom stereocenters. The first-order valence-corrected chi connectivity index (χ1v) is 11.3. The van der Waals surface area contributed by atoms with Gasteiger partial charge in [-0.3, -0.25) is 9.59 Å². The fraction of sp³-hybridized carbons (Fsp3) is 0.500. The highest BCUT2D eigenvalue weighted by Gasteiger charge is 2.35. The Bertz CT molecular complexity index is 1010. The Morgan fingerprint density at radius 3 is 2.76 bits per heavy atom. The summed E-state index contributed by atoms with van der Waals surface area (Å²) < 4.78 is 34.0. The summed E-state index contributed by atoms with van der Waals surface area (Å²) in [6.45, 7) is 3.86. The van der Waals surface area contributed by atoms with Crippen LogP contribution in [0.15, 0.2) is 28.9 Å². The Labute approximate surface area is 169 Å². The van der Waals surface area contributed by atoms with Crippen molar-refractivity contribution in [3.8, 4) is 5.75 Å². The van der Waals surface area contributed by atoms with Crippen molar-refractivity contribution in [1.82, 2.24) is 4.90 Å². The number of nitrogens with zero attached hydrogens (tertiary/aromatic N) is 1. The van der Waals surface area contributed by atoms with E-state index in [1.54, 1.807) is 6.07 Å². The van der Waals surface area contributed by atoms with Gasteiger partial charge in [0.1, 0.15) is 11.3 Å². The van der Waals surface area contributed by atoms with Crippen LogP contribution in [0.1, 0.15) is 25.8 Å². The summed E-state index contributed by atoms with van der Waals surface area (Å²) in [7, 11) is -3.13. The van der Waals surface area contributed by atoms with E-state index in [0.717, 1.165) is 0 Å². The van der Waals surface area contributed by atoms with Gasteiger partial charge in [-0.2, -0.15) is 0 Å². The molecule has 0 radical (unpaired) electrons. The fourth-order valence-electron chi connectivity index (χ4n) is 3.51. The Morgan fingerprint density at radius 1 is 1.34 bits per heavy atom. The second-order valence-corrected chi connectivity index (χ2v) is 10.0. The van der Waals surface area contributed by atoms with Crippen LogP contribution in [0.3, 0.4) is 0 Å². The number of fused-ring (bicyclic) bond motifs is 1. The summed E-state index contributed by atoms with van der Waals surface area (Å²) in [6.07, 6.45) is 1.75. The molecule has 1 N–H and O–H groups in total. The standard InChI is InChI=1S/C20H25NO7S/c1-13(2)9-21(15-5-6-29(25,26)12-15)19(23)11-28-20(24)7-14-10-27-18-8-16(22)3-4-17(14)18/h3-4,8,10,13,15,22H,5-7,9,11-12H2,1-2H3/t15-/m0/s1. The Kier molecular flexibility index (Phi) is 6.16. The number of phenolic OH excluding ortho intramolecular Hbond substituents is 1. The molecule has 3 rings (SSSR count). The summed E-state index contributed by atoms with van der Waals surface area (Å²) in [5, 5.41) is 10.2. The first kappa shape index (κ1) is 21.2. The lowest BCUT2D eigenvalue weighted by Crippen LogP contribution is -2.45. The normalized spacial score (nSPS) is 18.2. The van der Waals surface area contributed by atoms with Gasteiger partial charge in [0.25, 0.3) is 5.91 Å². The van der Waals surface area contributed by atoms with E-state index in [1.807, 2.05) is 13.8 Å². The third kappa shape index (κ3) is 5.29. The van der Waals surface area contributed by atoms with E-state index in [1.165, 1.54) is 23.3 Å². The zero-order valence-corrected chi connectivity index (χ0v) is 17.3. The first-order chi connectivity index (χ1) is 13.6. The SMILES string of the molecule is CC(C)CN(C(=O)COC(=O)Cc1coc2cc(O)ccc12)[C@H]1CCS(=O)(=O)C1. The van der Waals surface area contributed by atoms with Crippen LogP contribution in [-0.2, 0) is 30.6 Å². The molecule has 1 atom stereocenters. The maximum Gasteiger partial charge on any atom is 0.310 e. The zero-order chi connectivity index (χ0) is 21.2. The summed E-state index contributed by atoms with van der Waals surface area (Å²) in [4.78, 5) is 26.4. The maximum absolute atomic E-state index is 12.6. The quantitative estimate of drug-likeness (QED) is 0.677. The molecule has 0 spiro atoms. The Balaban J connectivity index is 1.60. The molecule has 1 fully saturated rings. The fourth-order valence-corrected chi connectivity index (χ4v) is 5.24. The molecule has 2 aromatic rings. The number of esters is 1. The molecule has 1 aromatic heterocycles. The molecule has 1 amide bonds. The van der Waals surface area contributed by atoms with Crippen molar-refractivity contribution in [3.05, 3.63) is 30.0 Å². The monoisotopic (exact) mass is 423 g/mol. The summed E-state index contributed by atoms with van der Waals surface area (Å²) in [6, 6.07) is 4.22. The van der Waals surface area contributed by atoms with Gasteiger partial charge in [0.15, 0.2) is 16.4 Å². The lowest BCUT2D eigenvalue weighted by atomic mass is 10.1. The van der Waals surface area contributed by atoms with E-state index in [9.17, 15) is 23.1 Å². The highest BCUT2D eigenvalue weighted by Crippen LogP contribution is 2.25. The van der Waals surface area contributed by atoms with Crippen molar-refractivity contribution in [2.75, 3.05) is 24.7 Å². The minimum atomic E-state index is -3.13.